The maximum atomic E-state index is 12.9. The van der Waals surface area contributed by atoms with E-state index in [1.54, 1.807) is 34.8 Å². The van der Waals surface area contributed by atoms with E-state index in [2.05, 4.69) is 38.2 Å². The summed E-state index contributed by atoms with van der Waals surface area (Å²) < 4.78 is 33.1. The number of rotatable bonds is 5. The number of furan rings is 1. The lowest BCUT2D eigenvalue weighted by molar-refractivity contribution is -0.115. The molecule has 1 amide bonds. The molecule has 2 aromatic carbocycles. The molecule has 2 heterocycles. The van der Waals surface area contributed by atoms with Gasteiger partial charge in [-0.3, -0.25) is 4.79 Å². The van der Waals surface area contributed by atoms with Gasteiger partial charge in [-0.1, -0.05) is 39.7 Å². The Bertz CT molecular complexity index is 1230. The Balaban J connectivity index is 1.45. The first-order chi connectivity index (χ1) is 15.6. The number of anilines is 1. The molecule has 0 atom stereocenters. The molecule has 0 aliphatic carbocycles. The zero-order chi connectivity index (χ0) is 23.6. The van der Waals surface area contributed by atoms with Gasteiger partial charge in [0, 0.05) is 29.7 Å². The standard InChI is InChI=1S/C26H32N2O4S/c1-26(2,3)20-8-13-24-23(17-20)19(18-32-24)16-25(29)27-21-9-11-22(12-10-21)33(30,31)28-14-6-4-5-7-15-28/h8-13,17-18H,4-7,14-16H2,1-3H3,(H,27,29). The van der Waals surface area contributed by atoms with Crippen LogP contribution in [0.3, 0.4) is 0 Å². The van der Waals surface area contributed by atoms with Crippen molar-refractivity contribution in [3.8, 4) is 0 Å². The molecule has 1 saturated heterocycles. The number of nitrogens with zero attached hydrogens (tertiary/aromatic N) is 1. The molecule has 1 fully saturated rings. The molecule has 0 saturated carbocycles. The van der Waals surface area contributed by atoms with Gasteiger partial charge in [-0.2, -0.15) is 4.31 Å². The third-order valence-electron chi connectivity index (χ3n) is 6.21. The lowest BCUT2D eigenvalue weighted by atomic mass is 9.86. The van der Waals surface area contributed by atoms with Crippen LogP contribution in [0, 0.1) is 0 Å². The molecule has 0 unspecified atom stereocenters. The first kappa shape index (κ1) is 23.5. The van der Waals surface area contributed by atoms with Crippen LogP contribution in [0.25, 0.3) is 11.0 Å². The largest absolute Gasteiger partial charge is 0.464 e. The van der Waals surface area contributed by atoms with Gasteiger partial charge in [-0.15, -0.1) is 0 Å². The van der Waals surface area contributed by atoms with E-state index >= 15 is 0 Å². The van der Waals surface area contributed by atoms with Crippen molar-refractivity contribution in [2.75, 3.05) is 18.4 Å². The first-order valence-electron chi connectivity index (χ1n) is 11.6. The van der Waals surface area contributed by atoms with E-state index < -0.39 is 10.0 Å². The van der Waals surface area contributed by atoms with E-state index in [1.807, 2.05) is 6.07 Å². The van der Waals surface area contributed by atoms with Gasteiger partial charge in [0.25, 0.3) is 0 Å². The summed E-state index contributed by atoms with van der Waals surface area (Å²) in [7, 11) is -3.50. The Hall–Kier alpha value is -2.64. The van der Waals surface area contributed by atoms with Gasteiger partial charge >= 0.3 is 0 Å². The summed E-state index contributed by atoms with van der Waals surface area (Å²) in [5, 5.41) is 3.81. The van der Waals surface area contributed by atoms with Crippen LogP contribution in [0.4, 0.5) is 5.69 Å². The maximum absolute atomic E-state index is 12.9. The summed E-state index contributed by atoms with van der Waals surface area (Å²) in [6.45, 7) is 7.58. The topological polar surface area (TPSA) is 79.6 Å². The summed E-state index contributed by atoms with van der Waals surface area (Å²) in [5.74, 6) is -0.179. The zero-order valence-electron chi connectivity index (χ0n) is 19.6. The number of carbonyl (C=O) groups excluding carboxylic acids is 1. The average Bonchev–Trinajstić information content (AvgIpc) is 2.97. The summed E-state index contributed by atoms with van der Waals surface area (Å²) >= 11 is 0. The number of sulfonamides is 1. The number of hydrogen-bond acceptors (Lipinski definition) is 4. The van der Waals surface area contributed by atoms with Crippen LogP contribution in [0.2, 0.25) is 0 Å². The lowest BCUT2D eigenvalue weighted by Crippen LogP contribution is -2.31. The van der Waals surface area contributed by atoms with Crippen LogP contribution in [-0.2, 0) is 26.7 Å². The predicted octanol–water partition coefficient (Wildman–Crippen LogP) is 5.48. The molecule has 1 N–H and O–H groups in total. The van der Waals surface area contributed by atoms with E-state index in [9.17, 15) is 13.2 Å². The molecule has 176 valence electrons. The van der Waals surface area contributed by atoms with Gasteiger partial charge in [-0.05, 0) is 60.2 Å². The quantitative estimate of drug-likeness (QED) is 0.538. The van der Waals surface area contributed by atoms with E-state index in [1.165, 1.54) is 5.56 Å². The Morgan fingerprint density at radius 3 is 2.30 bits per heavy atom. The van der Waals surface area contributed by atoms with Gasteiger partial charge in [0.2, 0.25) is 15.9 Å². The second-order valence-corrected chi connectivity index (χ2v) is 11.7. The van der Waals surface area contributed by atoms with Crippen LogP contribution in [0.1, 0.15) is 57.6 Å². The highest BCUT2D eigenvalue weighted by atomic mass is 32.2. The Labute approximate surface area is 196 Å². The number of fused-ring (bicyclic) bond motifs is 1. The molecule has 0 radical (unpaired) electrons. The molecule has 6 nitrogen and oxygen atoms in total. The van der Waals surface area contributed by atoms with Gasteiger partial charge in [-0.25, -0.2) is 8.42 Å². The third kappa shape index (κ3) is 5.31. The van der Waals surface area contributed by atoms with Crippen LogP contribution in [-0.4, -0.2) is 31.7 Å². The van der Waals surface area contributed by atoms with Gasteiger partial charge in [0.1, 0.15) is 5.58 Å². The molecule has 1 aliphatic heterocycles. The van der Waals surface area contributed by atoms with E-state index in [0.29, 0.717) is 18.8 Å². The molecular formula is C26H32N2O4S. The van der Waals surface area contributed by atoms with Crippen LogP contribution in [0.15, 0.2) is 58.0 Å². The van der Waals surface area contributed by atoms with Crippen LogP contribution in [0.5, 0.6) is 0 Å². The second-order valence-electron chi connectivity index (χ2n) is 9.79. The van der Waals surface area contributed by atoms with Gasteiger partial charge in [0.05, 0.1) is 17.6 Å². The minimum absolute atomic E-state index is 0.000393. The summed E-state index contributed by atoms with van der Waals surface area (Å²) in [6.07, 6.45) is 5.74. The fraction of sp³-hybridized carbons (Fsp3) is 0.423. The maximum Gasteiger partial charge on any atom is 0.243 e. The molecule has 7 heteroatoms. The van der Waals surface area contributed by atoms with Gasteiger partial charge < -0.3 is 9.73 Å². The molecule has 1 aromatic heterocycles. The SMILES string of the molecule is CC(C)(C)c1ccc2occ(CC(=O)Nc3ccc(S(=O)(=O)N4CCCCCC4)cc3)c2c1. The van der Waals surface area contributed by atoms with Crippen molar-refractivity contribution in [3.63, 3.8) is 0 Å². The van der Waals surface area contributed by atoms with E-state index in [4.69, 9.17) is 4.42 Å². The van der Waals surface area contributed by atoms with Crippen molar-refractivity contribution in [1.29, 1.82) is 0 Å². The zero-order valence-corrected chi connectivity index (χ0v) is 20.4. The Kier molecular flexibility index (Phi) is 6.64. The normalized spacial score (nSPS) is 16.0. The van der Waals surface area contributed by atoms with Crippen molar-refractivity contribution in [2.45, 2.75) is 63.2 Å². The number of carbonyl (C=O) groups is 1. The highest BCUT2D eigenvalue weighted by molar-refractivity contribution is 7.89. The fourth-order valence-corrected chi connectivity index (χ4v) is 5.72. The minimum Gasteiger partial charge on any atom is -0.464 e. The second kappa shape index (κ2) is 9.31. The highest BCUT2D eigenvalue weighted by Gasteiger charge is 2.25. The average molecular weight is 469 g/mol. The molecule has 3 aromatic rings. The Morgan fingerprint density at radius 2 is 1.67 bits per heavy atom. The number of benzene rings is 2. The van der Waals surface area contributed by atoms with Crippen LogP contribution < -0.4 is 5.32 Å². The smallest absolute Gasteiger partial charge is 0.243 e. The monoisotopic (exact) mass is 468 g/mol. The Morgan fingerprint density at radius 1 is 1.00 bits per heavy atom. The molecule has 0 bridgehead atoms. The number of hydrogen-bond donors (Lipinski definition) is 1. The summed E-state index contributed by atoms with van der Waals surface area (Å²) in [6, 6.07) is 12.5. The van der Waals surface area contributed by atoms with Crippen molar-refractivity contribution >= 4 is 32.6 Å². The lowest BCUT2D eigenvalue weighted by Gasteiger charge is -2.20. The highest BCUT2D eigenvalue weighted by Crippen LogP contribution is 2.29. The minimum atomic E-state index is -3.50. The number of nitrogens with one attached hydrogen (secondary N) is 1. The third-order valence-corrected chi connectivity index (χ3v) is 8.12. The first-order valence-corrected chi connectivity index (χ1v) is 13.0. The number of amides is 1. The molecule has 33 heavy (non-hydrogen) atoms. The summed E-state index contributed by atoms with van der Waals surface area (Å²) in [5.41, 5.74) is 3.33. The van der Waals surface area contributed by atoms with E-state index in [-0.39, 0.29) is 22.6 Å². The van der Waals surface area contributed by atoms with Gasteiger partial charge in [0.15, 0.2) is 0 Å². The van der Waals surface area contributed by atoms with Crippen LogP contribution >= 0.6 is 0 Å². The van der Waals surface area contributed by atoms with Crippen molar-refractivity contribution < 1.29 is 17.6 Å². The van der Waals surface area contributed by atoms with Crippen molar-refractivity contribution in [1.82, 2.24) is 4.31 Å². The van der Waals surface area contributed by atoms with Crippen molar-refractivity contribution in [3.05, 3.63) is 59.9 Å². The summed E-state index contributed by atoms with van der Waals surface area (Å²) in [4.78, 5) is 13.0. The van der Waals surface area contributed by atoms with Crippen molar-refractivity contribution in [2.24, 2.45) is 0 Å². The molecule has 1 aliphatic rings. The van der Waals surface area contributed by atoms with E-state index in [0.717, 1.165) is 42.2 Å². The molecular weight excluding hydrogens is 436 g/mol. The molecule has 0 spiro atoms. The molecule has 4 rings (SSSR count). The predicted molar refractivity (Wildman–Crippen MR) is 131 cm³/mol. The fourth-order valence-electron chi connectivity index (χ4n) is 4.20.